The van der Waals surface area contributed by atoms with Crippen molar-refractivity contribution >= 4 is 23.7 Å². The van der Waals surface area contributed by atoms with Crippen molar-refractivity contribution in [1.82, 2.24) is 10.6 Å². The van der Waals surface area contributed by atoms with E-state index in [2.05, 4.69) is 15.6 Å². The van der Waals surface area contributed by atoms with Gasteiger partial charge in [-0.3, -0.25) is 14.6 Å². The van der Waals surface area contributed by atoms with Gasteiger partial charge in [-0.2, -0.15) is 13.2 Å². The topological polar surface area (TPSA) is 160 Å². The van der Waals surface area contributed by atoms with Gasteiger partial charge in [0.05, 0.1) is 5.92 Å². The standard InChI is InChI=1S/C27H31N5O2.C2HF3O2/c28-27(29)30-18-10-17-23(25(33)31-19-20-11-4-1-5-12-20)32-26(34)24(21-13-6-2-7-14-21)22-15-8-3-9-16-22;3-2(4,5)1(6)7/h1-9,11-16,23-24H,10,17-19H2,(H,31,33)(H,32,34)(H4,28,29,30);(H,6,7)/t23-;/m0./s1. The highest BCUT2D eigenvalue weighted by molar-refractivity contribution is 5.92. The summed E-state index contributed by atoms with van der Waals surface area (Å²) >= 11 is 0. The molecule has 0 unspecified atom stereocenters. The van der Waals surface area contributed by atoms with Crippen molar-refractivity contribution < 1.29 is 32.7 Å². The Labute approximate surface area is 235 Å². The molecule has 12 heteroatoms. The van der Waals surface area contributed by atoms with Gasteiger partial charge in [0, 0.05) is 13.1 Å². The monoisotopic (exact) mass is 571 g/mol. The number of rotatable bonds is 11. The van der Waals surface area contributed by atoms with E-state index in [1.807, 2.05) is 91.0 Å². The normalized spacial score (nSPS) is 11.4. The number of hydrogen-bond acceptors (Lipinski definition) is 4. The van der Waals surface area contributed by atoms with Crippen molar-refractivity contribution in [2.45, 2.75) is 37.5 Å². The number of alkyl halides is 3. The second kappa shape index (κ2) is 16.3. The molecule has 0 aromatic heterocycles. The van der Waals surface area contributed by atoms with Crippen molar-refractivity contribution in [3.05, 3.63) is 108 Å². The maximum absolute atomic E-state index is 13.5. The number of carbonyl (C=O) groups is 3. The second-order valence-electron chi connectivity index (χ2n) is 8.77. The first kappa shape index (κ1) is 32.3. The van der Waals surface area contributed by atoms with Gasteiger partial charge >= 0.3 is 12.1 Å². The van der Waals surface area contributed by atoms with E-state index in [0.717, 1.165) is 16.7 Å². The highest BCUT2D eigenvalue weighted by Gasteiger charge is 2.38. The Morgan fingerprint density at radius 1 is 0.805 bits per heavy atom. The summed E-state index contributed by atoms with van der Waals surface area (Å²) in [5.74, 6) is -3.78. The first-order valence-electron chi connectivity index (χ1n) is 12.6. The van der Waals surface area contributed by atoms with Gasteiger partial charge in [-0.1, -0.05) is 91.0 Å². The summed E-state index contributed by atoms with van der Waals surface area (Å²) in [6.45, 7) is 0.752. The minimum Gasteiger partial charge on any atom is -0.475 e. The lowest BCUT2D eigenvalue weighted by Crippen LogP contribution is -2.48. The lowest BCUT2D eigenvalue weighted by atomic mass is 9.90. The third-order valence-corrected chi connectivity index (χ3v) is 5.66. The molecule has 7 N–H and O–H groups in total. The average Bonchev–Trinajstić information content (AvgIpc) is 2.95. The fourth-order valence-electron chi connectivity index (χ4n) is 3.72. The van der Waals surface area contributed by atoms with Gasteiger partial charge in [-0.25, -0.2) is 4.79 Å². The Morgan fingerprint density at radius 3 is 1.71 bits per heavy atom. The molecule has 0 aliphatic rings. The molecule has 0 bridgehead atoms. The molecule has 0 aliphatic carbocycles. The van der Waals surface area contributed by atoms with Crippen LogP contribution in [0.1, 0.15) is 35.4 Å². The second-order valence-corrected chi connectivity index (χ2v) is 8.77. The van der Waals surface area contributed by atoms with E-state index < -0.39 is 24.1 Å². The smallest absolute Gasteiger partial charge is 0.475 e. The van der Waals surface area contributed by atoms with Gasteiger partial charge in [0.2, 0.25) is 11.8 Å². The molecule has 0 heterocycles. The van der Waals surface area contributed by atoms with Crippen LogP contribution >= 0.6 is 0 Å². The summed E-state index contributed by atoms with van der Waals surface area (Å²) in [4.78, 5) is 39.5. The van der Waals surface area contributed by atoms with Crippen LogP contribution in [0.2, 0.25) is 0 Å². The molecule has 0 saturated carbocycles. The number of carbonyl (C=O) groups excluding carboxylic acids is 2. The van der Waals surface area contributed by atoms with Crippen LogP contribution in [-0.4, -0.2) is 47.6 Å². The van der Waals surface area contributed by atoms with E-state index in [1.54, 1.807) is 0 Å². The third kappa shape index (κ3) is 11.8. The maximum atomic E-state index is 13.5. The largest absolute Gasteiger partial charge is 0.490 e. The molecule has 41 heavy (non-hydrogen) atoms. The fourth-order valence-corrected chi connectivity index (χ4v) is 3.72. The van der Waals surface area contributed by atoms with Crippen LogP contribution in [0.25, 0.3) is 0 Å². The molecule has 3 aromatic rings. The van der Waals surface area contributed by atoms with Crippen molar-refractivity contribution in [1.29, 1.82) is 0 Å². The van der Waals surface area contributed by atoms with Gasteiger partial charge in [-0.15, -0.1) is 0 Å². The number of halogens is 3. The lowest BCUT2D eigenvalue weighted by molar-refractivity contribution is -0.192. The Balaban J connectivity index is 0.000000745. The summed E-state index contributed by atoms with van der Waals surface area (Å²) in [5, 5.41) is 13.0. The Kier molecular flexibility index (Phi) is 12.8. The van der Waals surface area contributed by atoms with Crippen LogP contribution in [-0.2, 0) is 20.9 Å². The molecule has 0 fully saturated rings. The molecule has 2 amide bonds. The van der Waals surface area contributed by atoms with Gasteiger partial charge in [0.25, 0.3) is 0 Å². The maximum Gasteiger partial charge on any atom is 0.490 e. The summed E-state index contributed by atoms with van der Waals surface area (Å²) in [6, 6.07) is 28.0. The number of hydrogen-bond donors (Lipinski definition) is 5. The molecule has 0 radical (unpaired) electrons. The van der Waals surface area contributed by atoms with E-state index in [4.69, 9.17) is 21.4 Å². The average molecular weight is 572 g/mol. The van der Waals surface area contributed by atoms with Crippen LogP contribution in [0, 0.1) is 0 Å². The fraction of sp³-hybridized carbons (Fsp3) is 0.241. The van der Waals surface area contributed by atoms with Crippen molar-refractivity contribution in [3.63, 3.8) is 0 Å². The molecule has 0 aliphatic heterocycles. The van der Waals surface area contributed by atoms with Crippen LogP contribution in [0.4, 0.5) is 13.2 Å². The first-order valence-corrected chi connectivity index (χ1v) is 12.6. The summed E-state index contributed by atoms with van der Waals surface area (Å²) in [7, 11) is 0. The minimum absolute atomic E-state index is 0.00216. The quantitative estimate of drug-likeness (QED) is 0.135. The molecule has 218 valence electrons. The van der Waals surface area contributed by atoms with Crippen LogP contribution < -0.4 is 22.1 Å². The zero-order valence-electron chi connectivity index (χ0n) is 22.1. The van der Waals surface area contributed by atoms with Crippen molar-refractivity contribution in [2.24, 2.45) is 16.5 Å². The Hall–Kier alpha value is -4.87. The molecule has 1 atom stereocenters. The van der Waals surface area contributed by atoms with Gasteiger partial charge < -0.3 is 27.2 Å². The molecular weight excluding hydrogens is 539 g/mol. The summed E-state index contributed by atoms with van der Waals surface area (Å²) < 4.78 is 31.7. The molecule has 0 saturated heterocycles. The number of aliphatic imine (C=N–C) groups is 1. The lowest BCUT2D eigenvalue weighted by Gasteiger charge is -2.23. The number of guanidine groups is 1. The number of nitrogens with one attached hydrogen (secondary N) is 2. The predicted molar refractivity (Wildman–Crippen MR) is 149 cm³/mol. The van der Waals surface area contributed by atoms with Crippen molar-refractivity contribution in [3.8, 4) is 0 Å². The minimum atomic E-state index is -5.08. The number of benzene rings is 3. The Morgan fingerprint density at radius 2 is 1.27 bits per heavy atom. The van der Waals surface area contributed by atoms with E-state index >= 15 is 0 Å². The number of aliphatic carboxylic acids is 1. The number of carboxylic acid groups (broad SMARTS) is 1. The van der Waals surface area contributed by atoms with Gasteiger partial charge in [-0.05, 0) is 29.5 Å². The van der Waals surface area contributed by atoms with Crippen LogP contribution in [0.5, 0.6) is 0 Å². The summed E-state index contributed by atoms with van der Waals surface area (Å²) in [6.07, 6.45) is -4.14. The van der Waals surface area contributed by atoms with Gasteiger partial charge in [0.15, 0.2) is 5.96 Å². The number of nitrogens with zero attached hydrogens (tertiary/aromatic N) is 1. The van der Waals surface area contributed by atoms with Crippen LogP contribution in [0.15, 0.2) is 96.0 Å². The van der Waals surface area contributed by atoms with Crippen molar-refractivity contribution in [2.75, 3.05) is 6.54 Å². The zero-order valence-corrected chi connectivity index (χ0v) is 22.1. The van der Waals surface area contributed by atoms with E-state index in [9.17, 15) is 22.8 Å². The van der Waals surface area contributed by atoms with E-state index in [0.29, 0.717) is 25.9 Å². The molecule has 9 nitrogen and oxygen atoms in total. The molecule has 3 aromatic carbocycles. The Bertz CT molecular complexity index is 1230. The van der Waals surface area contributed by atoms with E-state index in [1.165, 1.54) is 0 Å². The number of nitrogens with two attached hydrogens (primary N) is 2. The zero-order chi connectivity index (χ0) is 30.3. The molecule has 3 rings (SSSR count). The summed E-state index contributed by atoms with van der Waals surface area (Å²) in [5.41, 5.74) is 13.5. The third-order valence-electron chi connectivity index (χ3n) is 5.66. The van der Waals surface area contributed by atoms with Crippen LogP contribution in [0.3, 0.4) is 0 Å². The first-order chi connectivity index (χ1) is 19.5. The number of amides is 2. The van der Waals surface area contributed by atoms with Gasteiger partial charge in [0.1, 0.15) is 6.04 Å². The number of carboxylic acids is 1. The van der Waals surface area contributed by atoms with E-state index in [-0.39, 0.29) is 17.8 Å². The SMILES string of the molecule is NC(N)=NCCC[C@H](NC(=O)C(c1ccccc1)c1ccccc1)C(=O)NCc1ccccc1.O=C(O)C(F)(F)F. The predicted octanol–water partition coefficient (Wildman–Crippen LogP) is 3.31. The highest BCUT2D eigenvalue weighted by atomic mass is 19.4. The highest BCUT2D eigenvalue weighted by Crippen LogP contribution is 2.25. The molecule has 0 spiro atoms. The molecular formula is C29H32F3N5O4.